The maximum absolute atomic E-state index is 11.2. The number of hydrogen-bond donors (Lipinski definition) is 1. The van der Waals surface area contributed by atoms with Gasteiger partial charge in [0, 0.05) is 11.5 Å². The Bertz CT molecular complexity index is 638. The van der Waals surface area contributed by atoms with Gasteiger partial charge in [-0.25, -0.2) is 4.98 Å². The first-order chi connectivity index (χ1) is 9.17. The molecule has 0 radical (unpaired) electrons. The van der Waals surface area contributed by atoms with E-state index < -0.39 is 0 Å². The monoisotopic (exact) mass is 258 g/mol. The number of carbonyl (C=O) groups is 1. The molecule has 0 aliphatic rings. The fourth-order valence-corrected chi connectivity index (χ4v) is 1.70. The van der Waals surface area contributed by atoms with E-state index in [0.29, 0.717) is 22.8 Å². The molecule has 2 aromatic rings. The van der Waals surface area contributed by atoms with Crippen LogP contribution in [0.2, 0.25) is 0 Å². The van der Waals surface area contributed by atoms with Crippen molar-refractivity contribution in [2.24, 2.45) is 0 Å². The molecule has 0 saturated heterocycles. The minimum atomic E-state index is -0.299. The van der Waals surface area contributed by atoms with E-state index in [1.165, 1.54) is 6.08 Å². The number of anilines is 1. The van der Waals surface area contributed by atoms with Gasteiger partial charge in [-0.3, -0.25) is 4.79 Å². The molecule has 1 aromatic carbocycles. The largest absolute Gasteiger partial charge is 0.493 e. The molecule has 1 heterocycles. The Morgan fingerprint density at radius 1 is 1.26 bits per heavy atom. The standard InChI is InChI=1S/C14H14N2O3/c1-4-14(17)16-13-6-5-9-7-11(18-2)12(19-3)8-10(9)15-13/h4-8H,1H2,2-3H3,(H,15,16,17). The first-order valence-corrected chi connectivity index (χ1v) is 5.64. The van der Waals surface area contributed by atoms with E-state index in [1.807, 2.05) is 12.1 Å². The van der Waals surface area contributed by atoms with Crippen LogP contribution >= 0.6 is 0 Å². The van der Waals surface area contributed by atoms with Crippen LogP contribution in [0.15, 0.2) is 36.9 Å². The Morgan fingerprint density at radius 3 is 2.58 bits per heavy atom. The zero-order chi connectivity index (χ0) is 13.8. The molecular weight excluding hydrogens is 244 g/mol. The summed E-state index contributed by atoms with van der Waals surface area (Å²) in [6, 6.07) is 7.16. The van der Waals surface area contributed by atoms with Crippen LogP contribution in [-0.4, -0.2) is 25.1 Å². The number of methoxy groups -OCH3 is 2. The van der Waals surface area contributed by atoms with Gasteiger partial charge in [0.15, 0.2) is 11.5 Å². The van der Waals surface area contributed by atoms with Crippen LogP contribution in [-0.2, 0) is 4.79 Å². The van der Waals surface area contributed by atoms with E-state index in [1.54, 1.807) is 26.4 Å². The van der Waals surface area contributed by atoms with Crippen LogP contribution in [0.3, 0.4) is 0 Å². The van der Waals surface area contributed by atoms with E-state index in [0.717, 1.165) is 5.39 Å². The lowest BCUT2D eigenvalue weighted by Crippen LogP contribution is -2.08. The summed E-state index contributed by atoms with van der Waals surface area (Å²) in [4.78, 5) is 15.6. The van der Waals surface area contributed by atoms with Crippen molar-refractivity contribution in [1.29, 1.82) is 0 Å². The van der Waals surface area contributed by atoms with Crippen molar-refractivity contribution in [3.8, 4) is 11.5 Å². The minimum absolute atomic E-state index is 0.299. The molecule has 0 atom stereocenters. The molecule has 98 valence electrons. The van der Waals surface area contributed by atoms with Crippen LogP contribution in [0.1, 0.15) is 0 Å². The van der Waals surface area contributed by atoms with Crippen molar-refractivity contribution in [1.82, 2.24) is 4.98 Å². The maximum Gasteiger partial charge on any atom is 0.248 e. The van der Waals surface area contributed by atoms with Gasteiger partial charge in [-0.05, 0) is 24.3 Å². The molecule has 0 saturated carbocycles. The lowest BCUT2D eigenvalue weighted by Gasteiger charge is -2.09. The number of ether oxygens (including phenoxy) is 2. The fourth-order valence-electron chi connectivity index (χ4n) is 1.70. The van der Waals surface area contributed by atoms with Crippen molar-refractivity contribution < 1.29 is 14.3 Å². The second kappa shape index (κ2) is 5.39. The molecule has 1 aromatic heterocycles. The molecule has 19 heavy (non-hydrogen) atoms. The number of amides is 1. The van der Waals surface area contributed by atoms with E-state index in [4.69, 9.17) is 9.47 Å². The van der Waals surface area contributed by atoms with Crippen molar-refractivity contribution in [3.05, 3.63) is 36.9 Å². The van der Waals surface area contributed by atoms with Crippen LogP contribution in [0.5, 0.6) is 11.5 Å². The average molecular weight is 258 g/mol. The second-order valence-electron chi connectivity index (χ2n) is 3.79. The van der Waals surface area contributed by atoms with E-state index in [2.05, 4.69) is 16.9 Å². The zero-order valence-corrected chi connectivity index (χ0v) is 10.8. The van der Waals surface area contributed by atoms with Crippen molar-refractivity contribution in [3.63, 3.8) is 0 Å². The highest BCUT2D eigenvalue weighted by atomic mass is 16.5. The SMILES string of the molecule is C=CC(=O)Nc1ccc2cc(OC)c(OC)cc2n1. The molecule has 0 fully saturated rings. The molecule has 0 unspecified atom stereocenters. The Hall–Kier alpha value is -2.56. The number of carbonyl (C=O) groups excluding carboxylic acids is 1. The number of fused-ring (bicyclic) bond motifs is 1. The van der Waals surface area contributed by atoms with Crippen LogP contribution in [0.4, 0.5) is 5.82 Å². The second-order valence-corrected chi connectivity index (χ2v) is 3.79. The molecule has 0 spiro atoms. The minimum Gasteiger partial charge on any atom is -0.493 e. The highest BCUT2D eigenvalue weighted by Crippen LogP contribution is 2.31. The Kier molecular flexibility index (Phi) is 3.66. The van der Waals surface area contributed by atoms with Crippen molar-refractivity contribution >= 4 is 22.6 Å². The molecular formula is C14H14N2O3. The van der Waals surface area contributed by atoms with Crippen LogP contribution in [0.25, 0.3) is 10.9 Å². The van der Waals surface area contributed by atoms with E-state index >= 15 is 0 Å². The smallest absolute Gasteiger partial charge is 0.248 e. The third kappa shape index (κ3) is 2.65. The Labute approximate surface area is 110 Å². The molecule has 1 N–H and O–H groups in total. The van der Waals surface area contributed by atoms with Crippen LogP contribution in [0, 0.1) is 0 Å². The molecule has 0 bridgehead atoms. The normalized spacial score (nSPS) is 10.0. The van der Waals surface area contributed by atoms with Gasteiger partial charge in [0.05, 0.1) is 19.7 Å². The van der Waals surface area contributed by atoms with Crippen molar-refractivity contribution in [2.75, 3.05) is 19.5 Å². The summed E-state index contributed by atoms with van der Waals surface area (Å²) < 4.78 is 10.4. The molecule has 5 nitrogen and oxygen atoms in total. The topological polar surface area (TPSA) is 60.5 Å². The van der Waals surface area contributed by atoms with Gasteiger partial charge in [0.2, 0.25) is 5.91 Å². The van der Waals surface area contributed by atoms with Gasteiger partial charge in [-0.1, -0.05) is 6.58 Å². The average Bonchev–Trinajstić information content (AvgIpc) is 2.45. The van der Waals surface area contributed by atoms with Gasteiger partial charge in [0.25, 0.3) is 0 Å². The summed E-state index contributed by atoms with van der Waals surface area (Å²) in [5.41, 5.74) is 0.708. The molecule has 0 aliphatic carbocycles. The summed E-state index contributed by atoms with van der Waals surface area (Å²) in [5.74, 6) is 1.39. The van der Waals surface area contributed by atoms with Gasteiger partial charge < -0.3 is 14.8 Å². The van der Waals surface area contributed by atoms with Gasteiger partial charge in [-0.2, -0.15) is 0 Å². The highest BCUT2D eigenvalue weighted by molar-refractivity contribution is 5.99. The molecule has 2 rings (SSSR count). The molecule has 5 heteroatoms. The number of hydrogen-bond acceptors (Lipinski definition) is 4. The third-order valence-electron chi connectivity index (χ3n) is 2.63. The van der Waals surface area contributed by atoms with E-state index in [-0.39, 0.29) is 5.91 Å². The number of rotatable bonds is 4. The third-order valence-corrected chi connectivity index (χ3v) is 2.63. The summed E-state index contributed by atoms with van der Waals surface area (Å²) in [7, 11) is 3.14. The summed E-state index contributed by atoms with van der Waals surface area (Å²) >= 11 is 0. The van der Waals surface area contributed by atoms with Crippen molar-refractivity contribution in [2.45, 2.75) is 0 Å². The first kappa shape index (κ1) is 12.9. The predicted molar refractivity (Wildman–Crippen MR) is 73.7 cm³/mol. The van der Waals surface area contributed by atoms with Crippen LogP contribution < -0.4 is 14.8 Å². The van der Waals surface area contributed by atoms with Gasteiger partial charge in [0.1, 0.15) is 5.82 Å². The first-order valence-electron chi connectivity index (χ1n) is 5.64. The fraction of sp³-hybridized carbons (Fsp3) is 0.143. The number of nitrogens with zero attached hydrogens (tertiary/aromatic N) is 1. The van der Waals surface area contributed by atoms with E-state index in [9.17, 15) is 4.79 Å². The maximum atomic E-state index is 11.2. The lowest BCUT2D eigenvalue weighted by atomic mass is 10.2. The Morgan fingerprint density at radius 2 is 1.95 bits per heavy atom. The predicted octanol–water partition coefficient (Wildman–Crippen LogP) is 2.38. The molecule has 1 amide bonds. The van der Waals surface area contributed by atoms with Gasteiger partial charge in [-0.15, -0.1) is 0 Å². The quantitative estimate of drug-likeness (QED) is 0.855. The van der Waals surface area contributed by atoms with Gasteiger partial charge >= 0.3 is 0 Å². The summed E-state index contributed by atoms with van der Waals surface area (Å²) in [6.07, 6.45) is 1.19. The number of benzene rings is 1. The highest BCUT2D eigenvalue weighted by Gasteiger charge is 2.08. The zero-order valence-electron chi connectivity index (χ0n) is 10.8. The summed E-state index contributed by atoms with van der Waals surface area (Å²) in [5, 5.41) is 3.51. The Balaban J connectivity index is 2.47. The lowest BCUT2D eigenvalue weighted by molar-refractivity contribution is -0.111. The number of aromatic nitrogens is 1. The molecule has 0 aliphatic heterocycles. The number of pyridine rings is 1. The summed E-state index contributed by atoms with van der Waals surface area (Å²) in [6.45, 7) is 3.39. The number of nitrogens with one attached hydrogen (secondary N) is 1.